The zero-order valence-electron chi connectivity index (χ0n) is 8.99. The van der Waals surface area contributed by atoms with E-state index in [1.54, 1.807) is 0 Å². The van der Waals surface area contributed by atoms with Crippen molar-refractivity contribution in [3.05, 3.63) is 5.82 Å². The quantitative estimate of drug-likeness (QED) is 0.501. The summed E-state index contributed by atoms with van der Waals surface area (Å²) in [5.41, 5.74) is 0. The lowest BCUT2D eigenvalue weighted by Gasteiger charge is -2.06. The van der Waals surface area contributed by atoms with Gasteiger partial charge >= 0.3 is 11.9 Å². The molecule has 0 bridgehead atoms. The molecule has 1 heterocycles. The first-order valence-electron chi connectivity index (χ1n) is 4.52. The van der Waals surface area contributed by atoms with E-state index < -0.39 is 18.5 Å². The van der Waals surface area contributed by atoms with Gasteiger partial charge in [0.05, 0.1) is 12.9 Å². The number of carbonyl (C=O) groups excluding carboxylic acids is 1. The zero-order valence-corrected chi connectivity index (χ0v) is 9.81. The molecule has 9 heteroatoms. The summed E-state index contributed by atoms with van der Waals surface area (Å²) in [4.78, 5) is 21.6. The van der Waals surface area contributed by atoms with Crippen LogP contribution in [0.3, 0.4) is 0 Å². The number of hydrogen-bond donors (Lipinski definition) is 2. The van der Waals surface area contributed by atoms with E-state index in [1.165, 1.54) is 11.7 Å². The van der Waals surface area contributed by atoms with Gasteiger partial charge in [-0.05, 0) is 0 Å². The predicted octanol–water partition coefficient (Wildman–Crippen LogP) is -0.880. The Bertz CT molecular complexity index is 419. The molecule has 0 aromatic carbocycles. The maximum absolute atomic E-state index is 11.1. The Balaban J connectivity index is 2.85. The van der Waals surface area contributed by atoms with Crippen molar-refractivity contribution < 1.29 is 24.5 Å². The summed E-state index contributed by atoms with van der Waals surface area (Å²) in [6.45, 7) is -0.557. The molecule has 0 unspecified atom stereocenters. The van der Waals surface area contributed by atoms with Crippen molar-refractivity contribution >= 4 is 23.7 Å². The van der Waals surface area contributed by atoms with Crippen LogP contribution in [0.15, 0.2) is 5.16 Å². The lowest BCUT2D eigenvalue weighted by molar-refractivity contribution is -0.141. The molecule has 0 amide bonds. The highest BCUT2D eigenvalue weighted by Gasteiger charge is 2.16. The second-order valence-corrected chi connectivity index (χ2v) is 3.84. The third-order valence-corrected chi connectivity index (χ3v) is 2.73. The van der Waals surface area contributed by atoms with E-state index in [-0.39, 0.29) is 23.3 Å². The summed E-state index contributed by atoms with van der Waals surface area (Å²) < 4.78 is 5.80. The van der Waals surface area contributed by atoms with Crippen molar-refractivity contribution in [2.45, 2.75) is 18.3 Å². The molecular formula is C8H11N3O5S. The van der Waals surface area contributed by atoms with Gasteiger partial charge in [0.25, 0.3) is 0 Å². The summed E-state index contributed by atoms with van der Waals surface area (Å²) in [5.74, 6) is -1.56. The molecule has 1 aromatic heterocycles. The predicted molar refractivity (Wildman–Crippen MR) is 56.3 cm³/mol. The van der Waals surface area contributed by atoms with Crippen LogP contribution >= 0.6 is 11.8 Å². The minimum absolute atomic E-state index is 0.165. The molecule has 17 heavy (non-hydrogen) atoms. The fourth-order valence-corrected chi connectivity index (χ4v) is 1.70. The average Bonchev–Trinajstić information content (AvgIpc) is 2.68. The van der Waals surface area contributed by atoms with Gasteiger partial charge < -0.3 is 14.9 Å². The molecule has 0 atom stereocenters. The molecule has 1 rings (SSSR count). The molecule has 1 aromatic rings. The number of ether oxygens (including phenoxy) is 1. The van der Waals surface area contributed by atoms with Crippen LogP contribution in [0.4, 0.5) is 0 Å². The van der Waals surface area contributed by atoms with Crippen molar-refractivity contribution in [2.75, 3.05) is 12.9 Å². The number of aliphatic hydroxyl groups excluding tert-OH is 1. The van der Waals surface area contributed by atoms with Gasteiger partial charge in [0, 0.05) is 0 Å². The molecule has 0 aliphatic heterocycles. The summed E-state index contributed by atoms with van der Waals surface area (Å²) in [6.07, 6.45) is 0. The number of carboxylic acid groups (broad SMARTS) is 1. The fourth-order valence-electron chi connectivity index (χ4n) is 1.02. The van der Waals surface area contributed by atoms with Crippen LogP contribution in [-0.2, 0) is 27.5 Å². The third kappa shape index (κ3) is 3.71. The van der Waals surface area contributed by atoms with E-state index in [2.05, 4.69) is 14.9 Å². The van der Waals surface area contributed by atoms with E-state index in [0.717, 1.165) is 11.8 Å². The maximum atomic E-state index is 11.1. The number of thioether (sulfide) groups is 1. The first-order chi connectivity index (χ1) is 8.08. The number of carbonyl (C=O) groups is 2. The summed E-state index contributed by atoms with van der Waals surface area (Å²) >= 11 is 0.915. The topological polar surface area (TPSA) is 115 Å². The highest BCUT2D eigenvalue weighted by Crippen LogP contribution is 2.16. The van der Waals surface area contributed by atoms with Crippen molar-refractivity contribution in [3.8, 4) is 0 Å². The Morgan fingerprint density at radius 2 is 2.18 bits per heavy atom. The third-order valence-electron chi connectivity index (χ3n) is 1.77. The van der Waals surface area contributed by atoms with Crippen LogP contribution in [-0.4, -0.2) is 49.8 Å². The van der Waals surface area contributed by atoms with Crippen LogP contribution in [0.1, 0.15) is 5.82 Å². The fraction of sp³-hybridized carbons (Fsp3) is 0.500. The minimum Gasteiger partial charge on any atom is -0.481 e. The number of methoxy groups -OCH3 is 1. The number of esters is 1. The minimum atomic E-state index is -1.01. The van der Waals surface area contributed by atoms with E-state index in [9.17, 15) is 9.59 Å². The molecule has 0 aliphatic rings. The second-order valence-electron chi connectivity index (χ2n) is 2.90. The normalized spacial score (nSPS) is 10.2. The van der Waals surface area contributed by atoms with E-state index in [4.69, 9.17) is 10.2 Å². The molecule has 8 nitrogen and oxygen atoms in total. The molecule has 0 aliphatic carbocycles. The maximum Gasteiger partial charge on any atom is 0.325 e. The summed E-state index contributed by atoms with van der Waals surface area (Å²) in [6, 6.07) is 0. The molecule has 0 saturated carbocycles. The number of carboxylic acids is 1. The Hall–Kier alpha value is -1.61. The number of hydrogen-bond acceptors (Lipinski definition) is 7. The lowest BCUT2D eigenvalue weighted by Crippen LogP contribution is -2.15. The standard InChI is InChI=1S/C8H11N3O5S/c1-16-7(15)2-11-5(3-12)9-10-8(11)17-4-6(13)14/h12H,2-4H2,1H3,(H,13,14). The number of aliphatic hydroxyl groups is 1. The number of rotatable bonds is 6. The van der Waals surface area contributed by atoms with Gasteiger partial charge in [-0.15, -0.1) is 10.2 Å². The van der Waals surface area contributed by atoms with Gasteiger partial charge in [-0.2, -0.15) is 0 Å². The molecule has 0 saturated heterocycles. The highest BCUT2D eigenvalue weighted by atomic mass is 32.2. The first-order valence-corrected chi connectivity index (χ1v) is 5.51. The van der Waals surface area contributed by atoms with Gasteiger partial charge in [0.1, 0.15) is 13.2 Å². The Morgan fingerprint density at radius 3 is 2.71 bits per heavy atom. The number of aromatic nitrogens is 3. The smallest absolute Gasteiger partial charge is 0.325 e. The van der Waals surface area contributed by atoms with E-state index >= 15 is 0 Å². The second kappa shape index (κ2) is 6.21. The number of nitrogens with zero attached hydrogens (tertiary/aromatic N) is 3. The monoisotopic (exact) mass is 261 g/mol. The Morgan fingerprint density at radius 1 is 1.47 bits per heavy atom. The molecular weight excluding hydrogens is 250 g/mol. The average molecular weight is 261 g/mol. The van der Waals surface area contributed by atoms with Crippen molar-refractivity contribution in [1.29, 1.82) is 0 Å². The van der Waals surface area contributed by atoms with Crippen LogP contribution in [0, 0.1) is 0 Å². The molecule has 0 fully saturated rings. The highest BCUT2D eigenvalue weighted by molar-refractivity contribution is 7.99. The lowest BCUT2D eigenvalue weighted by atomic mass is 10.5. The van der Waals surface area contributed by atoms with Crippen LogP contribution in [0.5, 0.6) is 0 Å². The van der Waals surface area contributed by atoms with Crippen LogP contribution < -0.4 is 0 Å². The van der Waals surface area contributed by atoms with Crippen molar-refractivity contribution in [3.63, 3.8) is 0 Å². The molecule has 0 spiro atoms. The SMILES string of the molecule is COC(=O)Cn1c(CO)nnc1SCC(=O)O. The first kappa shape index (κ1) is 13.5. The Labute approximate surface area is 101 Å². The molecule has 2 N–H and O–H groups in total. The summed E-state index contributed by atoms with van der Waals surface area (Å²) in [5, 5.41) is 25.1. The molecule has 0 radical (unpaired) electrons. The van der Waals surface area contributed by atoms with Gasteiger partial charge in [-0.1, -0.05) is 11.8 Å². The largest absolute Gasteiger partial charge is 0.481 e. The van der Waals surface area contributed by atoms with E-state index in [0.29, 0.717) is 0 Å². The van der Waals surface area contributed by atoms with E-state index in [1.807, 2.05) is 0 Å². The van der Waals surface area contributed by atoms with Crippen molar-refractivity contribution in [2.24, 2.45) is 0 Å². The van der Waals surface area contributed by atoms with Crippen molar-refractivity contribution in [1.82, 2.24) is 14.8 Å². The molecule has 94 valence electrons. The van der Waals surface area contributed by atoms with Gasteiger partial charge in [0.15, 0.2) is 11.0 Å². The van der Waals surface area contributed by atoms with Gasteiger partial charge in [0.2, 0.25) is 0 Å². The van der Waals surface area contributed by atoms with Gasteiger partial charge in [-0.3, -0.25) is 14.2 Å². The Kier molecular flexibility index (Phi) is 4.91. The van der Waals surface area contributed by atoms with Crippen LogP contribution in [0.2, 0.25) is 0 Å². The van der Waals surface area contributed by atoms with Gasteiger partial charge in [-0.25, -0.2) is 0 Å². The number of aliphatic carboxylic acids is 1. The zero-order chi connectivity index (χ0) is 12.8. The summed E-state index contributed by atoms with van der Waals surface area (Å²) in [7, 11) is 1.23. The van der Waals surface area contributed by atoms with Crippen LogP contribution in [0.25, 0.3) is 0 Å².